The van der Waals surface area contributed by atoms with E-state index in [4.69, 9.17) is 59.3 Å². The van der Waals surface area contributed by atoms with Gasteiger partial charge in [0.1, 0.15) is 38.5 Å². The number of benzene rings is 6. The summed E-state index contributed by atoms with van der Waals surface area (Å²) in [5.74, 6) is 0.434. The first kappa shape index (κ1) is 47.3. The van der Waals surface area contributed by atoms with Crippen LogP contribution in [0.3, 0.4) is 0 Å². The van der Waals surface area contributed by atoms with Gasteiger partial charge in [-0.3, -0.25) is 9.59 Å². The molecule has 0 saturated carbocycles. The van der Waals surface area contributed by atoms with Crippen molar-refractivity contribution in [3.05, 3.63) is 159 Å². The monoisotopic (exact) mass is 946 g/mol. The highest BCUT2D eigenvalue weighted by atomic mass is 35.5. The normalized spacial score (nSPS) is 11.2. The van der Waals surface area contributed by atoms with Crippen LogP contribution in [0.25, 0.3) is 0 Å². The molecule has 0 radical (unpaired) electrons. The molecule has 0 fully saturated rings. The van der Waals surface area contributed by atoms with Crippen molar-refractivity contribution in [2.45, 2.75) is 29.1 Å². The van der Waals surface area contributed by atoms with Crippen LogP contribution >= 0.6 is 34.8 Å². The third-order valence-corrected chi connectivity index (χ3v) is 11.1. The number of amides is 2. The van der Waals surface area contributed by atoms with Gasteiger partial charge in [0.05, 0.1) is 20.0 Å². The summed E-state index contributed by atoms with van der Waals surface area (Å²) in [5, 5.41) is 17.2. The number of sulfonamides is 2. The van der Waals surface area contributed by atoms with Crippen LogP contribution in [-0.4, -0.2) is 35.8 Å². The van der Waals surface area contributed by atoms with Crippen molar-refractivity contribution in [2.75, 3.05) is 17.7 Å². The highest BCUT2D eigenvalue weighted by Crippen LogP contribution is 2.33. The van der Waals surface area contributed by atoms with Crippen molar-refractivity contribution >= 4 is 78.0 Å². The molecule has 6 aromatic rings. The lowest BCUT2D eigenvalue weighted by atomic mass is 10.1. The van der Waals surface area contributed by atoms with E-state index in [1.807, 2.05) is 0 Å². The van der Waals surface area contributed by atoms with Crippen LogP contribution in [0.15, 0.2) is 137 Å². The molecule has 6 aromatic carbocycles. The first-order valence-electron chi connectivity index (χ1n) is 17.8. The van der Waals surface area contributed by atoms with Crippen LogP contribution < -0.4 is 35.1 Å². The van der Waals surface area contributed by atoms with Gasteiger partial charge in [-0.2, -0.15) is 0 Å². The topological polar surface area (TPSA) is 206 Å². The van der Waals surface area contributed by atoms with E-state index in [9.17, 15) is 35.2 Å². The predicted molar refractivity (Wildman–Crippen MR) is 233 cm³/mol. The molecule has 0 aromatic heterocycles. The summed E-state index contributed by atoms with van der Waals surface area (Å²) in [4.78, 5) is 24.1. The third kappa shape index (κ3) is 13.9. The molecule has 0 unspecified atom stereocenters. The maximum atomic E-state index is 12.6. The smallest absolute Gasteiger partial charge is 0.263 e. The minimum absolute atomic E-state index is 0.0148. The lowest BCUT2D eigenvalue weighted by molar-refractivity contribution is -0.116. The summed E-state index contributed by atoms with van der Waals surface area (Å²) in [6, 6.07) is 31.1. The average Bonchev–Trinajstić information content (AvgIpc) is 3.21. The van der Waals surface area contributed by atoms with Crippen molar-refractivity contribution in [1.29, 1.82) is 0 Å². The molecule has 0 aliphatic rings. The quantitative estimate of drug-likeness (QED) is 0.0819. The molecule has 0 spiro atoms. The number of nitrogens with one attached hydrogen (secondary N) is 2. The average molecular weight is 948 g/mol. The van der Waals surface area contributed by atoms with Gasteiger partial charge in [-0.15, -0.1) is 0 Å². The number of carbonyl (C=O) groups is 2. The number of hydrogen-bond acceptors (Lipinski definition) is 9. The second kappa shape index (κ2) is 20.9. The van der Waals surface area contributed by atoms with Crippen molar-refractivity contribution in [3.63, 3.8) is 0 Å². The lowest BCUT2D eigenvalue weighted by Crippen LogP contribution is -2.17. The maximum absolute atomic E-state index is 12.6. The molecule has 62 heavy (non-hydrogen) atoms. The summed E-state index contributed by atoms with van der Waals surface area (Å²) in [7, 11) is -6.78. The van der Waals surface area contributed by atoms with Crippen molar-refractivity contribution in [1.82, 2.24) is 0 Å². The van der Waals surface area contributed by atoms with Crippen LogP contribution in [0, 0.1) is 0 Å². The highest BCUT2D eigenvalue weighted by molar-refractivity contribution is 7.89. The van der Waals surface area contributed by atoms with E-state index in [1.54, 1.807) is 66.7 Å². The molecule has 0 heterocycles. The van der Waals surface area contributed by atoms with Gasteiger partial charge in [0.2, 0.25) is 31.9 Å². The van der Waals surface area contributed by atoms with Gasteiger partial charge in [-0.05, 0) is 108 Å². The lowest BCUT2D eigenvalue weighted by Gasteiger charge is -2.13. The molecule has 20 heteroatoms. The Bertz CT molecular complexity index is 2790. The number of ether oxygens (including phenoxy) is 3. The molecule has 6 rings (SSSR count). The van der Waals surface area contributed by atoms with Gasteiger partial charge in [-0.25, -0.2) is 35.9 Å². The SMILES string of the molecule is COc1ccc(CC(=O)Nc2ccc(Oc3ccc(Cl)cc3)c(S(N)(=O)=O)c2)c(Cl)c1.NS(=O)(=O)c1cc(NC(=O)Cc2ccc(C(F)F)cc2)ccc1Oc1ccc(Cl)cc1. The first-order chi connectivity index (χ1) is 29.3. The molecule has 0 bridgehead atoms. The zero-order valence-corrected chi connectivity index (χ0v) is 36.1. The van der Waals surface area contributed by atoms with Crippen LogP contribution in [0.5, 0.6) is 28.7 Å². The molecular weight excluding hydrogens is 913 g/mol. The van der Waals surface area contributed by atoms with Gasteiger partial charge in [-0.1, -0.05) is 65.1 Å². The molecule has 0 aliphatic carbocycles. The van der Waals surface area contributed by atoms with E-state index in [-0.39, 0.29) is 57.0 Å². The fraction of sp³-hybridized carbons (Fsp3) is 0.0952. The molecule has 13 nitrogen and oxygen atoms in total. The summed E-state index contributed by atoms with van der Waals surface area (Å²) < 4.78 is 89.7. The number of carbonyl (C=O) groups excluding carboxylic acids is 2. The third-order valence-electron chi connectivity index (χ3n) is 8.36. The van der Waals surface area contributed by atoms with Gasteiger partial charge in [0.15, 0.2) is 0 Å². The largest absolute Gasteiger partial charge is 0.497 e. The van der Waals surface area contributed by atoms with Gasteiger partial charge >= 0.3 is 0 Å². The Morgan fingerprint density at radius 3 is 1.44 bits per heavy atom. The first-order valence-corrected chi connectivity index (χ1v) is 22.0. The fourth-order valence-electron chi connectivity index (χ4n) is 5.39. The van der Waals surface area contributed by atoms with E-state index >= 15 is 0 Å². The number of anilines is 2. The molecule has 324 valence electrons. The molecular formula is C42H35Cl3F2N4O9S2. The number of rotatable bonds is 14. The molecule has 0 saturated heterocycles. The second-order valence-electron chi connectivity index (χ2n) is 13.0. The number of primary sulfonamides is 2. The van der Waals surface area contributed by atoms with E-state index in [1.165, 1.54) is 67.8 Å². The van der Waals surface area contributed by atoms with Crippen molar-refractivity contribution < 1.29 is 49.4 Å². The number of methoxy groups -OCH3 is 1. The van der Waals surface area contributed by atoms with Crippen molar-refractivity contribution in [3.8, 4) is 28.7 Å². The van der Waals surface area contributed by atoms with E-state index < -0.39 is 32.4 Å². The molecule has 0 aliphatic heterocycles. The Kier molecular flexibility index (Phi) is 15.9. The van der Waals surface area contributed by atoms with Crippen LogP contribution in [0.1, 0.15) is 23.1 Å². The Morgan fingerprint density at radius 2 is 1.03 bits per heavy atom. The Morgan fingerprint density at radius 1 is 0.597 bits per heavy atom. The maximum Gasteiger partial charge on any atom is 0.263 e. The number of nitrogens with two attached hydrogens (primary N) is 2. The Balaban J connectivity index is 0.000000234. The highest BCUT2D eigenvalue weighted by Gasteiger charge is 2.20. The van der Waals surface area contributed by atoms with Crippen LogP contribution in [0.2, 0.25) is 15.1 Å². The summed E-state index contributed by atoms with van der Waals surface area (Å²) in [5.41, 5.74) is 1.40. The minimum Gasteiger partial charge on any atom is -0.497 e. The molecule has 2 amide bonds. The van der Waals surface area contributed by atoms with E-state index in [0.29, 0.717) is 43.4 Å². The number of alkyl halides is 2. The zero-order chi connectivity index (χ0) is 45.2. The van der Waals surface area contributed by atoms with Crippen LogP contribution in [-0.2, 0) is 42.5 Å². The Labute approximate surface area is 370 Å². The summed E-state index contributed by atoms with van der Waals surface area (Å²) in [6.07, 6.45) is -2.69. The van der Waals surface area contributed by atoms with Gasteiger partial charge < -0.3 is 24.8 Å². The van der Waals surface area contributed by atoms with Crippen molar-refractivity contribution in [2.24, 2.45) is 10.3 Å². The zero-order valence-electron chi connectivity index (χ0n) is 32.2. The van der Waals surface area contributed by atoms with E-state index in [2.05, 4.69) is 10.6 Å². The van der Waals surface area contributed by atoms with Gasteiger partial charge in [0, 0.05) is 32.0 Å². The minimum atomic E-state index is -4.17. The number of hydrogen-bond donors (Lipinski definition) is 4. The molecule has 0 atom stereocenters. The predicted octanol–water partition coefficient (Wildman–Crippen LogP) is 9.52. The van der Waals surface area contributed by atoms with Gasteiger partial charge in [0.25, 0.3) is 6.43 Å². The summed E-state index contributed by atoms with van der Waals surface area (Å²) >= 11 is 17.8. The standard InChI is InChI=1S/C21H18Cl2N2O5S.C21H17ClF2N2O4S/c1-29-17-6-2-13(18(23)12-17)10-21(26)25-15-5-9-19(20(11-15)31(24,27)28)30-16-7-3-14(22)4-8-16;22-15-5-8-17(9-6-15)30-18-10-7-16(12-19(18)31(25,28)29)26-20(27)11-13-1-3-14(4-2-13)21(23)24/h2-9,11-12H,10H2,1H3,(H,25,26)(H2,24,27,28);1-10,12,21H,11H2,(H,26,27)(H2,25,28,29). The fourth-order valence-corrected chi connectivity index (χ4v) is 7.24. The van der Waals surface area contributed by atoms with E-state index in [0.717, 1.165) is 0 Å². The Hall–Kier alpha value is -5.79. The van der Waals surface area contributed by atoms with Crippen LogP contribution in [0.4, 0.5) is 20.2 Å². The second-order valence-corrected chi connectivity index (χ2v) is 17.3. The number of halogens is 5. The summed E-state index contributed by atoms with van der Waals surface area (Å²) in [6.45, 7) is 0. The molecule has 6 N–H and O–H groups in total.